The zero-order valence-corrected chi connectivity index (χ0v) is 25.5. The number of thiocarbonyl (C=S) groups is 1. The first kappa shape index (κ1) is 28.2. The number of aromatic carboxylic acids is 1. The Kier molecular flexibility index (Phi) is 7.68. The van der Waals surface area contributed by atoms with E-state index in [0.29, 0.717) is 15.8 Å². The molecule has 4 aromatic rings. The normalized spacial score (nSPS) is 19.3. The number of nitrogens with zero attached hydrogens (tertiary/aromatic N) is 4. The number of aryl methyl sites for hydroxylation is 1. The van der Waals surface area contributed by atoms with Gasteiger partial charge in [-0.15, -0.1) is 0 Å². The van der Waals surface area contributed by atoms with Gasteiger partial charge in [-0.2, -0.15) is 0 Å². The van der Waals surface area contributed by atoms with Crippen LogP contribution in [0.15, 0.2) is 72.9 Å². The zero-order chi connectivity index (χ0) is 29.5. The van der Waals surface area contributed by atoms with Gasteiger partial charge in [0.15, 0.2) is 5.11 Å². The Morgan fingerprint density at radius 2 is 1.76 bits per heavy atom. The van der Waals surface area contributed by atoms with Gasteiger partial charge in [-0.3, -0.25) is 4.98 Å². The molecule has 2 unspecified atom stereocenters. The molecule has 4 heterocycles. The summed E-state index contributed by atoms with van der Waals surface area (Å²) in [5.41, 5.74) is 6.59. The highest BCUT2D eigenvalue weighted by atomic mass is 35.5. The minimum absolute atomic E-state index is 0.232. The van der Waals surface area contributed by atoms with Gasteiger partial charge in [-0.1, -0.05) is 36.7 Å². The number of benzene rings is 2. The molecule has 7 nitrogen and oxygen atoms in total. The molecule has 0 saturated carbocycles. The van der Waals surface area contributed by atoms with Crippen molar-refractivity contribution in [3.05, 3.63) is 106 Å². The average molecular weight is 600 g/mol. The van der Waals surface area contributed by atoms with E-state index in [-0.39, 0.29) is 17.6 Å². The molecule has 2 atom stereocenters. The third-order valence-electron chi connectivity index (χ3n) is 8.60. The minimum atomic E-state index is -0.964. The summed E-state index contributed by atoms with van der Waals surface area (Å²) >= 11 is 12.9. The van der Waals surface area contributed by atoms with Gasteiger partial charge in [0.25, 0.3) is 0 Å². The highest BCUT2D eigenvalue weighted by Gasteiger charge is 2.42. The third kappa shape index (κ3) is 5.03. The van der Waals surface area contributed by atoms with E-state index < -0.39 is 5.97 Å². The number of para-hydroxylation sites is 1. The molecule has 216 valence electrons. The van der Waals surface area contributed by atoms with Crippen LogP contribution in [-0.2, 0) is 0 Å². The maximum absolute atomic E-state index is 12.1. The van der Waals surface area contributed by atoms with E-state index in [1.54, 1.807) is 18.3 Å². The number of piperidine rings is 1. The first-order chi connectivity index (χ1) is 20.2. The molecule has 0 bridgehead atoms. The van der Waals surface area contributed by atoms with Gasteiger partial charge in [0.1, 0.15) is 0 Å². The second-order valence-corrected chi connectivity index (χ2v) is 12.1. The molecule has 42 heavy (non-hydrogen) atoms. The number of rotatable bonds is 6. The average Bonchev–Trinajstić information content (AvgIpc) is 3.48. The van der Waals surface area contributed by atoms with Crippen LogP contribution in [0.3, 0.4) is 0 Å². The van der Waals surface area contributed by atoms with E-state index in [1.165, 1.54) is 0 Å². The van der Waals surface area contributed by atoms with E-state index in [1.807, 2.05) is 54.8 Å². The summed E-state index contributed by atoms with van der Waals surface area (Å²) in [4.78, 5) is 21.3. The molecule has 9 heteroatoms. The molecular weight excluding hydrogens is 566 g/mol. The van der Waals surface area contributed by atoms with E-state index in [2.05, 4.69) is 45.2 Å². The largest absolute Gasteiger partial charge is 0.478 e. The van der Waals surface area contributed by atoms with Crippen molar-refractivity contribution in [3.63, 3.8) is 0 Å². The smallest absolute Gasteiger partial charge is 0.337 e. The van der Waals surface area contributed by atoms with Crippen LogP contribution in [0, 0.1) is 19.8 Å². The predicted molar refractivity (Wildman–Crippen MR) is 172 cm³/mol. The van der Waals surface area contributed by atoms with Crippen LogP contribution in [0.5, 0.6) is 0 Å². The molecule has 0 aliphatic carbocycles. The number of nitrogens with one attached hydrogen (secondary N) is 1. The summed E-state index contributed by atoms with van der Waals surface area (Å²) in [5.74, 6) is -0.229. The standard InChI is InChI=1S/C33H34ClN5O2S/c1-20-13-16-37(17-14-20)29-12-11-23(19-26(29)34)39-31(30(36-33(39)42)27-9-6-7-15-35-27)25-18-21(2)38(22(25)3)28-10-5-4-8-24(28)32(40)41/h4-12,15,18-20,30-31H,13-14,16-17H2,1-3H3,(H,36,42)(H,40,41). The van der Waals surface area contributed by atoms with Gasteiger partial charge in [-0.05, 0) is 98.9 Å². The van der Waals surface area contributed by atoms with Gasteiger partial charge >= 0.3 is 5.97 Å². The molecule has 2 N–H and O–H groups in total. The quantitative estimate of drug-likeness (QED) is 0.226. The topological polar surface area (TPSA) is 73.6 Å². The van der Waals surface area contributed by atoms with Gasteiger partial charge in [0.2, 0.25) is 0 Å². The van der Waals surface area contributed by atoms with Crippen LogP contribution in [0.4, 0.5) is 11.4 Å². The predicted octanol–water partition coefficient (Wildman–Crippen LogP) is 7.25. The Morgan fingerprint density at radius 3 is 2.45 bits per heavy atom. The fourth-order valence-electron chi connectivity index (χ4n) is 6.41. The first-order valence-electron chi connectivity index (χ1n) is 14.3. The molecule has 2 aliphatic heterocycles. The lowest BCUT2D eigenvalue weighted by Gasteiger charge is -2.33. The maximum Gasteiger partial charge on any atom is 0.337 e. The summed E-state index contributed by atoms with van der Waals surface area (Å²) in [6, 6.07) is 20.8. The Hall–Kier alpha value is -3.88. The molecule has 2 aliphatic rings. The number of carboxylic acid groups (broad SMARTS) is 1. The van der Waals surface area contributed by atoms with Crippen molar-refractivity contribution < 1.29 is 9.90 Å². The zero-order valence-electron chi connectivity index (χ0n) is 23.9. The fourth-order valence-corrected chi connectivity index (χ4v) is 7.05. The van der Waals surface area contributed by atoms with E-state index in [0.717, 1.165) is 65.9 Å². The SMILES string of the molecule is Cc1cc(C2C(c3ccccn3)NC(=S)N2c2ccc(N3CCC(C)CC3)c(Cl)c2)c(C)n1-c1ccccc1C(=O)O. The molecule has 2 fully saturated rings. The Balaban J connectivity index is 1.46. The van der Waals surface area contributed by atoms with Gasteiger partial charge < -0.3 is 24.8 Å². The number of carboxylic acids is 1. The van der Waals surface area contributed by atoms with E-state index in [9.17, 15) is 9.90 Å². The third-order valence-corrected chi connectivity index (χ3v) is 9.21. The maximum atomic E-state index is 12.1. The first-order valence-corrected chi connectivity index (χ1v) is 15.1. The monoisotopic (exact) mass is 599 g/mol. The van der Waals surface area contributed by atoms with E-state index in [4.69, 9.17) is 23.8 Å². The fraction of sp³-hybridized carbons (Fsp3) is 0.303. The van der Waals surface area contributed by atoms with Crippen molar-refractivity contribution >= 4 is 46.3 Å². The molecule has 0 spiro atoms. The highest BCUT2D eigenvalue weighted by molar-refractivity contribution is 7.80. The molecule has 0 radical (unpaired) electrons. The highest BCUT2D eigenvalue weighted by Crippen LogP contribution is 2.45. The van der Waals surface area contributed by atoms with Crippen molar-refractivity contribution in [2.75, 3.05) is 22.9 Å². The number of hydrogen-bond acceptors (Lipinski definition) is 4. The lowest BCUT2D eigenvalue weighted by Crippen LogP contribution is -2.33. The Labute approximate surface area is 256 Å². The van der Waals surface area contributed by atoms with Gasteiger partial charge in [0, 0.05) is 36.4 Å². The molecular formula is C33H34ClN5O2S. The van der Waals surface area contributed by atoms with Crippen molar-refractivity contribution in [2.45, 2.75) is 45.7 Å². The number of pyridine rings is 1. The van der Waals surface area contributed by atoms with Crippen molar-refractivity contribution in [2.24, 2.45) is 5.92 Å². The second kappa shape index (κ2) is 11.4. The van der Waals surface area contributed by atoms with Crippen LogP contribution in [0.25, 0.3) is 5.69 Å². The van der Waals surface area contributed by atoms with Crippen molar-refractivity contribution in [1.82, 2.24) is 14.9 Å². The van der Waals surface area contributed by atoms with Gasteiger partial charge in [-0.25, -0.2) is 4.79 Å². The number of halogens is 1. The van der Waals surface area contributed by atoms with Crippen molar-refractivity contribution in [1.29, 1.82) is 0 Å². The Morgan fingerprint density at radius 1 is 1.02 bits per heavy atom. The van der Waals surface area contributed by atoms with Crippen LogP contribution in [0.2, 0.25) is 5.02 Å². The van der Waals surface area contributed by atoms with Crippen LogP contribution in [-0.4, -0.2) is 38.8 Å². The van der Waals surface area contributed by atoms with Gasteiger partial charge in [0.05, 0.1) is 39.7 Å². The van der Waals surface area contributed by atoms with Crippen LogP contribution in [0.1, 0.15) is 64.9 Å². The van der Waals surface area contributed by atoms with E-state index >= 15 is 0 Å². The summed E-state index contributed by atoms with van der Waals surface area (Å²) in [5, 5.41) is 14.7. The summed E-state index contributed by atoms with van der Waals surface area (Å²) in [6.07, 6.45) is 4.11. The van der Waals surface area contributed by atoms with Crippen LogP contribution < -0.4 is 15.1 Å². The second-order valence-electron chi connectivity index (χ2n) is 11.3. The molecule has 6 rings (SSSR count). The molecule has 2 aromatic heterocycles. The summed E-state index contributed by atoms with van der Waals surface area (Å²) in [6.45, 7) is 8.33. The lowest BCUT2D eigenvalue weighted by molar-refractivity contribution is 0.0697. The molecule has 0 amide bonds. The Bertz CT molecular complexity index is 1650. The molecule has 2 aromatic carbocycles. The van der Waals surface area contributed by atoms with Crippen molar-refractivity contribution in [3.8, 4) is 5.69 Å². The number of anilines is 2. The number of aromatic nitrogens is 2. The van der Waals surface area contributed by atoms with Crippen LogP contribution >= 0.6 is 23.8 Å². The summed E-state index contributed by atoms with van der Waals surface area (Å²) in [7, 11) is 0. The number of hydrogen-bond donors (Lipinski definition) is 2. The minimum Gasteiger partial charge on any atom is -0.478 e. The summed E-state index contributed by atoms with van der Waals surface area (Å²) < 4.78 is 2.02. The number of carbonyl (C=O) groups is 1. The molecule has 2 saturated heterocycles. The lowest BCUT2D eigenvalue weighted by atomic mass is 9.96.